The number of esters is 1. The minimum absolute atomic E-state index is 0.00850. The molecule has 1 saturated heterocycles. The maximum atomic E-state index is 13.4. The van der Waals surface area contributed by atoms with Crippen LogP contribution in [0.2, 0.25) is 0 Å². The van der Waals surface area contributed by atoms with Gasteiger partial charge in [0.25, 0.3) is 0 Å². The molecule has 1 aliphatic rings. The number of amides is 1. The minimum Gasteiger partial charge on any atom is -0.465 e. The first-order valence-electron chi connectivity index (χ1n) is 10.9. The molecule has 2 atom stereocenters. The molecule has 0 aliphatic carbocycles. The Kier molecular flexibility index (Phi) is 7.85. The van der Waals surface area contributed by atoms with Crippen LogP contribution in [-0.4, -0.2) is 62.1 Å². The molecule has 0 bridgehead atoms. The third-order valence-electron chi connectivity index (χ3n) is 5.97. The van der Waals surface area contributed by atoms with Gasteiger partial charge in [-0.05, 0) is 50.2 Å². The van der Waals surface area contributed by atoms with Crippen molar-refractivity contribution in [1.82, 2.24) is 4.90 Å². The quantitative estimate of drug-likeness (QED) is 0.622. The van der Waals surface area contributed by atoms with Gasteiger partial charge in [-0.1, -0.05) is 18.2 Å². The maximum Gasteiger partial charge on any atom is 0.337 e. The molecular formula is C25H30N4O3. The molecule has 1 amide bonds. The van der Waals surface area contributed by atoms with Crippen molar-refractivity contribution in [3.8, 4) is 6.07 Å². The normalized spacial score (nSPS) is 17.3. The Morgan fingerprint density at radius 3 is 2.44 bits per heavy atom. The number of methoxy groups -OCH3 is 1. The molecule has 7 nitrogen and oxygen atoms in total. The number of hydrogen-bond acceptors (Lipinski definition) is 6. The zero-order valence-electron chi connectivity index (χ0n) is 18.9. The lowest BCUT2D eigenvalue weighted by Crippen LogP contribution is -2.58. The van der Waals surface area contributed by atoms with Crippen LogP contribution in [-0.2, 0) is 9.53 Å². The van der Waals surface area contributed by atoms with Gasteiger partial charge in [-0.25, -0.2) is 4.79 Å². The molecule has 2 aromatic carbocycles. The fourth-order valence-corrected chi connectivity index (χ4v) is 4.21. The van der Waals surface area contributed by atoms with E-state index in [0.717, 1.165) is 31.0 Å². The van der Waals surface area contributed by atoms with Crippen molar-refractivity contribution in [2.24, 2.45) is 0 Å². The number of piperazine rings is 1. The molecule has 0 radical (unpaired) electrons. The van der Waals surface area contributed by atoms with Gasteiger partial charge in [0.15, 0.2) is 0 Å². The zero-order valence-corrected chi connectivity index (χ0v) is 18.9. The topological polar surface area (TPSA) is 76.9 Å². The summed E-state index contributed by atoms with van der Waals surface area (Å²) in [7, 11) is 1.37. The van der Waals surface area contributed by atoms with Crippen molar-refractivity contribution in [3.63, 3.8) is 0 Å². The van der Waals surface area contributed by atoms with Gasteiger partial charge >= 0.3 is 5.97 Å². The van der Waals surface area contributed by atoms with Crippen LogP contribution in [0.3, 0.4) is 0 Å². The molecule has 0 N–H and O–H groups in total. The van der Waals surface area contributed by atoms with E-state index in [1.807, 2.05) is 49.4 Å². The third kappa shape index (κ3) is 5.27. The molecule has 32 heavy (non-hydrogen) atoms. The van der Waals surface area contributed by atoms with Crippen molar-refractivity contribution in [3.05, 3.63) is 60.2 Å². The number of rotatable bonds is 7. The van der Waals surface area contributed by atoms with Crippen LogP contribution >= 0.6 is 0 Å². The molecule has 1 aliphatic heterocycles. The summed E-state index contributed by atoms with van der Waals surface area (Å²) in [5.41, 5.74) is 2.39. The molecule has 7 heteroatoms. The Balaban J connectivity index is 1.68. The van der Waals surface area contributed by atoms with Crippen LogP contribution < -0.4 is 9.80 Å². The van der Waals surface area contributed by atoms with Crippen molar-refractivity contribution in [2.75, 3.05) is 43.1 Å². The molecule has 0 saturated carbocycles. The van der Waals surface area contributed by atoms with Gasteiger partial charge in [-0.15, -0.1) is 0 Å². The van der Waals surface area contributed by atoms with Crippen LogP contribution in [0.1, 0.15) is 30.6 Å². The zero-order chi connectivity index (χ0) is 23.1. The summed E-state index contributed by atoms with van der Waals surface area (Å²) in [5, 5.41) is 9.04. The molecule has 2 unspecified atom stereocenters. The Labute approximate surface area is 189 Å². The highest BCUT2D eigenvalue weighted by Crippen LogP contribution is 2.23. The minimum atomic E-state index is -0.346. The Hall–Kier alpha value is -3.37. The number of ether oxygens (including phenoxy) is 1. The number of para-hydroxylation sites is 1. The van der Waals surface area contributed by atoms with Crippen LogP contribution in [0.25, 0.3) is 0 Å². The number of nitrogens with zero attached hydrogens (tertiary/aromatic N) is 4. The highest BCUT2D eigenvalue weighted by Gasteiger charge is 2.33. The SMILES string of the molecule is COC(=O)c1ccc(N2CCN(C(C)C(=O)N(CCC#N)c3ccccc3)C(C)C2)cc1. The van der Waals surface area contributed by atoms with Crippen molar-refractivity contribution < 1.29 is 14.3 Å². The third-order valence-corrected chi connectivity index (χ3v) is 5.97. The summed E-state index contributed by atoms with van der Waals surface area (Å²) in [6, 6.07) is 19.0. The highest BCUT2D eigenvalue weighted by atomic mass is 16.5. The second-order valence-electron chi connectivity index (χ2n) is 7.98. The first-order valence-corrected chi connectivity index (χ1v) is 10.9. The summed E-state index contributed by atoms with van der Waals surface area (Å²) >= 11 is 0. The lowest BCUT2D eigenvalue weighted by molar-refractivity contribution is -0.124. The van der Waals surface area contributed by atoms with E-state index < -0.39 is 0 Å². The van der Waals surface area contributed by atoms with Crippen LogP contribution in [0.5, 0.6) is 0 Å². The summed E-state index contributed by atoms with van der Waals surface area (Å²) in [6.45, 7) is 6.75. The van der Waals surface area contributed by atoms with E-state index in [2.05, 4.69) is 22.8 Å². The fraction of sp³-hybridized carbons (Fsp3) is 0.400. The molecule has 0 spiro atoms. The number of carbonyl (C=O) groups excluding carboxylic acids is 2. The monoisotopic (exact) mass is 434 g/mol. The number of carbonyl (C=O) groups is 2. The average molecular weight is 435 g/mol. The van der Waals surface area contributed by atoms with Gasteiger partial charge in [0.2, 0.25) is 5.91 Å². The van der Waals surface area contributed by atoms with Gasteiger partial charge in [0.05, 0.1) is 31.2 Å². The van der Waals surface area contributed by atoms with E-state index in [1.165, 1.54) is 7.11 Å². The first-order chi connectivity index (χ1) is 15.5. The second kappa shape index (κ2) is 10.8. The fourth-order valence-electron chi connectivity index (χ4n) is 4.21. The predicted octanol–water partition coefficient (Wildman–Crippen LogP) is 3.32. The van der Waals surface area contributed by atoms with Gasteiger partial charge in [0.1, 0.15) is 0 Å². The predicted molar refractivity (Wildman–Crippen MR) is 125 cm³/mol. The van der Waals surface area contributed by atoms with Crippen molar-refractivity contribution in [1.29, 1.82) is 5.26 Å². The maximum absolute atomic E-state index is 13.4. The molecule has 168 valence electrons. The number of benzene rings is 2. The van der Waals surface area contributed by atoms with E-state index in [9.17, 15) is 9.59 Å². The molecule has 2 aromatic rings. The summed E-state index contributed by atoms with van der Waals surface area (Å²) in [5.74, 6) is -0.337. The number of anilines is 2. The molecule has 1 heterocycles. The van der Waals surface area contributed by atoms with Crippen LogP contribution in [0.4, 0.5) is 11.4 Å². The number of nitriles is 1. The van der Waals surface area contributed by atoms with Crippen molar-refractivity contribution in [2.45, 2.75) is 32.4 Å². The van der Waals surface area contributed by atoms with Crippen molar-refractivity contribution >= 4 is 23.3 Å². The molecular weight excluding hydrogens is 404 g/mol. The van der Waals surface area contributed by atoms with Gasteiger partial charge in [-0.2, -0.15) is 5.26 Å². The average Bonchev–Trinajstić information content (AvgIpc) is 2.84. The summed E-state index contributed by atoms with van der Waals surface area (Å²) in [4.78, 5) is 31.3. The van der Waals surface area contributed by atoms with Gasteiger partial charge in [-0.3, -0.25) is 9.69 Å². The van der Waals surface area contributed by atoms with E-state index in [4.69, 9.17) is 10.00 Å². The largest absolute Gasteiger partial charge is 0.465 e. The lowest BCUT2D eigenvalue weighted by atomic mass is 10.1. The Bertz CT molecular complexity index is 955. The number of hydrogen-bond donors (Lipinski definition) is 0. The van der Waals surface area contributed by atoms with E-state index in [-0.39, 0.29) is 30.4 Å². The molecule has 3 rings (SSSR count). The lowest BCUT2D eigenvalue weighted by Gasteiger charge is -2.44. The van der Waals surface area contributed by atoms with E-state index in [1.54, 1.807) is 17.0 Å². The first kappa shape index (κ1) is 23.3. The molecule has 0 aromatic heterocycles. The van der Waals surface area contributed by atoms with Gasteiger partial charge in [0, 0.05) is 43.6 Å². The Morgan fingerprint density at radius 1 is 1.16 bits per heavy atom. The second-order valence-corrected chi connectivity index (χ2v) is 7.98. The Morgan fingerprint density at radius 2 is 1.84 bits per heavy atom. The molecule has 1 fully saturated rings. The smallest absolute Gasteiger partial charge is 0.337 e. The standard InChI is InChI=1S/C25H30N4O3/c1-19-18-27(22-12-10-21(11-13-22)25(31)32-3)16-17-28(19)20(2)24(30)29(15-7-14-26)23-8-5-4-6-9-23/h4-6,8-13,19-20H,7,15-18H2,1-3H3. The van der Waals surface area contributed by atoms with Crippen LogP contribution in [0.15, 0.2) is 54.6 Å². The van der Waals surface area contributed by atoms with Crippen LogP contribution in [0, 0.1) is 11.3 Å². The summed E-state index contributed by atoms with van der Waals surface area (Å²) < 4.78 is 4.76. The highest BCUT2D eigenvalue weighted by molar-refractivity contribution is 5.97. The van der Waals surface area contributed by atoms with Gasteiger partial charge < -0.3 is 14.5 Å². The van der Waals surface area contributed by atoms with E-state index >= 15 is 0 Å². The summed E-state index contributed by atoms with van der Waals surface area (Å²) in [6.07, 6.45) is 0.290. The van der Waals surface area contributed by atoms with E-state index in [0.29, 0.717) is 12.1 Å².